The standard InChI is InChI=1S/C22H28Cl2F2N4O4/c23-13-2-1-12(7-14(13)24)34-11-18(32)29-22-5-3-21(4-6-22,8-17(22)31)30-20(33)16-10-27-15(9-28-16)19(25)26/h1-2,7,15-17,19,27-28,31H,3-6,8-11H2,(H,29,32)(H,30,33)/t15?,16?,17-,21?,22?/m0/s1. The number of hydrogen-bond donors (Lipinski definition) is 5. The number of piperazine rings is 1. The number of halogens is 4. The molecule has 4 fully saturated rings. The highest BCUT2D eigenvalue weighted by Gasteiger charge is 2.55. The summed E-state index contributed by atoms with van der Waals surface area (Å²) in [5, 5.41) is 23.1. The Hall–Kier alpha value is -1.72. The van der Waals surface area contributed by atoms with Crippen molar-refractivity contribution in [1.82, 2.24) is 21.3 Å². The molecule has 3 aliphatic carbocycles. The van der Waals surface area contributed by atoms with Gasteiger partial charge in [-0.25, -0.2) is 8.78 Å². The Bertz CT molecular complexity index is 922. The van der Waals surface area contributed by atoms with Gasteiger partial charge in [-0.15, -0.1) is 0 Å². The summed E-state index contributed by atoms with van der Waals surface area (Å²) >= 11 is 11.8. The Morgan fingerprint density at radius 1 is 1.12 bits per heavy atom. The molecule has 8 nitrogen and oxygen atoms in total. The summed E-state index contributed by atoms with van der Waals surface area (Å²) in [5.41, 5.74) is -1.36. The number of amides is 2. The van der Waals surface area contributed by atoms with Gasteiger partial charge in [0.25, 0.3) is 12.3 Å². The Morgan fingerprint density at radius 2 is 1.85 bits per heavy atom. The molecule has 4 aliphatic rings. The number of benzene rings is 1. The van der Waals surface area contributed by atoms with E-state index in [1.807, 2.05) is 0 Å². The molecule has 1 aromatic carbocycles. The lowest BCUT2D eigenvalue weighted by molar-refractivity contribution is -0.137. The molecule has 0 aromatic heterocycles. The molecular formula is C22H28Cl2F2N4O4. The van der Waals surface area contributed by atoms with E-state index >= 15 is 0 Å². The van der Waals surface area contributed by atoms with Gasteiger partial charge >= 0.3 is 0 Å². The van der Waals surface area contributed by atoms with Crippen molar-refractivity contribution in [2.75, 3.05) is 19.7 Å². The van der Waals surface area contributed by atoms with Crippen molar-refractivity contribution < 1.29 is 28.2 Å². The summed E-state index contributed by atoms with van der Waals surface area (Å²) in [4.78, 5) is 25.3. The normalized spacial score (nSPS) is 32.9. The molecule has 2 unspecified atom stereocenters. The van der Waals surface area contributed by atoms with E-state index in [0.717, 1.165) is 0 Å². The van der Waals surface area contributed by atoms with Crippen LogP contribution in [0.1, 0.15) is 32.1 Å². The van der Waals surface area contributed by atoms with Crippen LogP contribution in [0.25, 0.3) is 0 Å². The van der Waals surface area contributed by atoms with Crippen molar-refractivity contribution >= 4 is 35.0 Å². The van der Waals surface area contributed by atoms with E-state index in [1.54, 1.807) is 12.1 Å². The van der Waals surface area contributed by atoms with Crippen LogP contribution in [0.2, 0.25) is 10.0 Å². The fraction of sp³-hybridized carbons (Fsp3) is 0.636. The van der Waals surface area contributed by atoms with E-state index in [1.165, 1.54) is 6.07 Å². The van der Waals surface area contributed by atoms with Crippen LogP contribution in [-0.4, -0.2) is 72.3 Å². The van der Waals surface area contributed by atoms with Crippen LogP contribution in [0.3, 0.4) is 0 Å². The summed E-state index contributed by atoms with van der Waals surface area (Å²) in [6.07, 6.45) is -0.878. The number of rotatable bonds is 7. The van der Waals surface area contributed by atoms with Gasteiger partial charge in [0.2, 0.25) is 5.91 Å². The van der Waals surface area contributed by atoms with Crippen molar-refractivity contribution in [3.05, 3.63) is 28.2 Å². The van der Waals surface area contributed by atoms with Crippen LogP contribution >= 0.6 is 23.2 Å². The molecule has 1 heterocycles. The number of fused-ring (bicyclic) bond motifs is 3. The van der Waals surface area contributed by atoms with E-state index in [-0.39, 0.29) is 31.5 Å². The molecule has 34 heavy (non-hydrogen) atoms. The van der Waals surface area contributed by atoms with Gasteiger partial charge in [-0.05, 0) is 44.2 Å². The van der Waals surface area contributed by atoms with Gasteiger partial charge in [0.15, 0.2) is 6.61 Å². The van der Waals surface area contributed by atoms with Crippen LogP contribution in [-0.2, 0) is 9.59 Å². The number of ether oxygens (including phenoxy) is 1. The Labute approximate surface area is 206 Å². The highest BCUT2D eigenvalue weighted by Crippen LogP contribution is 2.47. The fourth-order valence-electron chi connectivity index (χ4n) is 5.09. The quantitative estimate of drug-likeness (QED) is 0.373. The molecule has 5 rings (SSSR count). The predicted octanol–water partition coefficient (Wildman–Crippen LogP) is 1.62. The van der Waals surface area contributed by atoms with Crippen molar-refractivity contribution in [3.8, 4) is 5.75 Å². The summed E-state index contributed by atoms with van der Waals surface area (Å²) in [7, 11) is 0. The topological polar surface area (TPSA) is 112 Å². The van der Waals surface area contributed by atoms with Gasteiger partial charge in [0, 0.05) is 24.7 Å². The van der Waals surface area contributed by atoms with Crippen LogP contribution < -0.4 is 26.0 Å². The summed E-state index contributed by atoms with van der Waals surface area (Å²) in [6.45, 7) is -0.128. The molecule has 0 spiro atoms. The van der Waals surface area contributed by atoms with Crippen LogP contribution in [0.5, 0.6) is 5.75 Å². The maximum atomic E-state index is 12.8. The average Bonchev–Trinajstić information content (AvgIpc) is 2.81. The molecular weight excluding hydrogens is 493 g/mol. The Kier molecular flexibility index (Phi) is 7.54. The lowest BCUT2D eigenvalue weighted by atomic mass is 9.59. The zero-order chi connectivity index (χ0) is 24.5. The SMILES string of the molecule is O=C(COc1ccc(Cl)c(Cl)c1)NC12CCC(NC(=O)C3CNC(C(F)F)CN3)(CC1)C[C@@H]2O. The van der Waals surface area contributed by atoms with Crippen LogP contribution in [0.15, 0.2) is 18.2 Å². The lowest BCUT2D eigenvalue weighted by Gasteiger charge is -2.56. The van der Waals surface area contributed by atoms with Gasteiger partial charge < -0.3 is 31.1 Å². The third-order valence-corrected chi connectivity index (χ3v) is 7.89. The smallest absolute Gasteiger partial charge is 0.258 e. The first-order chi connectivity index (χ1) is 16.1. The van der Waals surface area contributed by atoms with E-state index < -0.39 is 35.7 Å². The van der Waals surface area contributed by atoms with Crippen molar-refractivity contribution in [2.24, 2.45) is 0 Å². The lowest BCUT2D eigenvalue weighted by Crippen LogP contribution is -2.72. The molecule has 5 N–H and O–H groups in total. The van der Waals surface area contributed by atoms with Gasteiger partial charge in [-0.1, -0.05) is 23.2 Å². The molecule has 3 saturated carbocycles. The largest absolute Gasteiger partial charge is 0.484 e. The number of carbonyl (C=O) groups excluding carboxylic acids is 2. The third kappa shape index (κ3) is 5.41. The second-order valence-corrected chi connectivity index (χ2v) is 10.2. The number of nitrogens with one attached hydrogen (secondary N) is 4. The first-order valence-corrected chi connectivity index (χ1v) is 12.0. The number of carbonyl (C=O) groups is 2. The second-order valence-electron chi connectivity index (χ2n) is 9.37. The molecule has 3 atom stereocenters. The average molecular weight is 521 g/mol. The first kappa shape index (κ1) is 25.4. The van der Waals surface area contributed by atoms with Crippen molar-refractivity contribution in [2.45, 2.75) is 67.8 Å². The van der Waals surface area contributed by atoms with Gasteiger partial charge in [0.05, 0.1) is 33.8 Å². The molecule has 2 amide bonds. The second kappa shape index (κ2) is 10.1. The van der Waals surface area contributed by atoms with Gasteiger partial charge in [-0.2, -0.15) is 0 Å². The van der Waals surface area contributed by atoms with E-state index in [2.05, 4.69) is 21.3 Å². The Balaban J connectivity index is 1.28. The van der Waals surface area contributed by atoms with Crippen molar-refractivity contribution in [1.29, 1.82) is 0 Å². The highest BCUT2D eigenvalue weighted by molar-refractivity contribution is 6.42. The monoisotopic (exact) mass is 520 g/mol. The summed E-state index contributed by atoms with van der Waals surface area (Å²) < 4.78 is 31.1. The van der Waals surface area contributed by atoms with Crippen LogP contribution in [0.4, 0.5) is 8.78 Å². The minimum atomic E-state index is -2.50. The maximum absolute atomic E-state index is 12.8. The molecule has 2 bridgehead atoms. The molecule has 188 valence electrons. The fourth-order valence-corrected chi connectivity index (χ4v) is 5.37. The molecule has 0 radical (unpaired) electrons. The number of alkyl halides is 2. The molecule has 1 aromatic rings. The molecule has 1 saturated heterocycles. The number of aliphatic hydroxyl groups is 1. The minimum Gasteiger partial charge on any atom is -0.484 e. The first-order valence-electron chi connectivity index (χ1n) is 11.3. The predicted molar refractivity (Wildman–Crippen MR) is 122 cm³/mol. The van der Waals surface area contributed by atoms with E-state index in [9.17, 15) is 23.5 Å². The van der Waals surface area contributed by atoms with E-state index in [0.29, 0.717) is 47.9 Å². The minimum absolute atomic E-state index is 0.00478. The molecule has 1 aliphatic heterocycles. The maximum Gasteiger partial charge on any atom is 0.258 e. The number of aliphatic hydroxyl groups excluding tert-OH is 1. The number of hydrogen-bond acceptors (Lipinski definition) is 6. The Morgan fingerprint density at radius 3 is 2.44 bits per heavy atom. The van der Waals surface area contributed by atoms with Crippen LogP contribution in [0, 0.1) is 0 Å². The molecule has 12 heteroatoms. The highest BCUT2D eigenvalue weighted by atomic mass is 35.5. The zero-order valence-corrected chi connectivity index (χ0v) is 19.9. The van der Waals surface area contributed by atoms with Crippen molar-refractivity contribution in [3.63, 3.8) is 0 Å². The van der Waals surface area contributed by atoms with Gasteiger partial charge in [-0.3, -0.25) is 9.59 Å². The van der Waals surface area contributed by atoms with Gasteiger partial charge in [0.1, 0.15) is 5.75 Å². The van der Waals surface area contributed by atoms with E-state index in [4.69, 9.17) is 27.9 Å². The summed E-state index contributed by atoms with van der Waals surface area (Å²) in [5.74, 6) is -0.238. The summed E-state index contributed by atoms with van der Waals surface area (Å²) in [6, 6.07) is 3.11. The zero-order valence-electron chi connectivity index (χ0n) is 18.4. The third-order valence-electron chi connectivity index (χ3n) is 7.15.